The molecule has 0 bridgehead atoms. The molecule has 0 fully saturated rings. The van der Waals surface area contributed by atoms with E-state index >= 15 is 0 Å². The lowest BCUT2D eigenvalue weighted by Gasteiger charge is -2.43. The van der Waals surface area contributed by atoms with Crippen molar-refractivity contribution >= 4 is 0 Å². The van der Waals surface area contributed by atoms with Crippen LogP contribution >= 0.6 is 0 Å². The number of nitrogens with one attached hydrogen (secondary N) is 1. The molecule has 0 saturated carbocycles. The third-order valence-electron chi connectivity index (χ3n) is 2.97. The largest absolute Gasteiger partial charge is 0.311 e. The van der Waals surface area contributed by atoms with Crippen LogP contribution < -0.4 is 5.32 Å². The van der Waals surface area contributed by atoms with Crippen molar-refractivity contribution in [2.24, 2.45) is 5.41 Å². The molecular weight excluding hydrogens is 146 g/mol. The standard InChI is InChI=1S/C11H25N/c1-7-9-11(6,12-8-2)10(3,4)5/h12H,7-9H2,1-6H3. The molecule has 12 heavy (non-hydrogen) atoms. The van der Waals surface area contributed by atoms with Crippen molar-refractivity contribution in [2.75, 3.05) is 6.54 Å². The van der Waals surface area contributed by atoms with Crippen molar-refractivity contribution < 1.29 is 0 Å². The molecular formula is C11H25N. The van der Waals surface area contributed by atoms with E-state index < -0.39 is 0 Å². The fraction of sp³-hybridized carbons (Fsp3) is 1.00. The molecule has 1 atom stereocenters. The average Bonchev–Trinajstić information content (AvgIpc) is 1.86. The lowest BCUT2D eigenvalue weighted by atomic mass is 9.72. The number of hydrogen-bond acceptors (Lipinski definition) is 1. The van der Waals surface area contributed by atoms with Crippen LogP contribution in [-0.4, -0.2) is 12.1 Å². The Morgan fingerprint density at radius 1 is 1.00 bits per heavy atom. The van der Waals surface area contributed by atoms with Crippen molar-refractivity contribution in [2.45, 2.75) is 59.9 Å². The van der Waals surface area contributed by atoms with Crippen molar-refractivity contribution in [3.63, 3.8) is 0 Å². The maximum atomic E-state index is 3.60. The number of rotatable bonds is 4. The zero-order chi connectivity index (χ0) is 9.83. The molecule has 0 aromatic rings. The summed E-state index contributed by atoms with van der Waals surface area (Å²) >= 11 is 0. The van der Waals surface area contributed by atoms with E-state index in [9.17, 15) is 0 Å². The molecule has 0 radical (unpaired) electrons. The Labute approximate surface area is 77.9 Å². The molecule has 0 aliphatic heterocycles. The minimum atomic E-state index is 0.288. The second-order valence-electron chi connectivity index (χ2n) is 4.86. The SMILES string of the molecule is CCCC(C)(NCC)C(C)(C)C. The van der Waals surface area contributed by atoms with Gasteiger partial charge in [0.1, 0.15) is 0 Å². The first-order valence-electron chi connectivity index (χ1n) is 5.12. The van der Waals surface area contributed by atoms with Crippen LogP contribution in [0.4, 0.5) is 0 Å². The fourth-order valence-corrected chi connectivity index (χ4v) is 1.62. The summed E-state index contributed by atoms with van der Waals surface area (Å²) in [6, 6.07) is 0. The minimum Gasteiger partial charge on any atom is -0.311 e. The summed E-state index contributed by atoms with van der Waals surface area (Å²) < 4.78 is 0. The molecule has 74 valence electrons. The summed E-state index contributed by atoms with van der Waals surface area (Å²) in [6.07, 6.45) is 2.51. The smallest absolute Gasteiger partial charge is 0.0201 e. The van der Waals surface area contributed by atoms with Gasteiger partial charge in [0.25, 0.3) is 0 Å². The molecule has 0 aliphatic carbocycles. The molecule has 0 saturated heterocycles. The lowest BCUT2D eigenvalue weighted by Crippen LogP contribution is -2.52. The van der Waals surface area contributed by atoms with E-state index in [0.717, 1.165) is 6.54 Å². The maximum absolute atomic E-state index is 3.60. The normalized spacial score (nSPS) is 17.5. The third-order valence-corrected chi connectivity index (χ3v) is 2.97. The Bertz CT molecular complexity index is 115. The fourth-order valence-electron chi connectivity index (χ4n) is 1.62. The first-order valence-corrected chi connectivity index (χ1v) is 5.12. The second-order valence-corrected chi connectivity index (χ2v) is 4.86. The van der Waals surface area contributed by atoms with Crippen LogP contribution in [0.5, 0.6) is 0 Å². The van der Waals surface area contributed by atoms with Crippen LogP contribution in [0.25, 0.3) is 0 Å². The topological polar surface area (TPSA) is 12.0 Å². The maximum Gasteiger partial charge on any atom is 0.0201 e. The molecule has 0 aromatic heterocycles. The molecule has 0 aromatic carbocycles. The quantitative estimate of drug-likeness (QED) is 0.685. The van der Waals surface area contributed by atoms with Gasteiger partial charge >= 0.3 is 0 Å². The van der Waals surface area contributed by atoms with Gasteiger partial charge in [-0.2, -0.15) is 0 Å². The van der Waals surface area contributed by atoms with E-state index in [4.69, 9.17) is 0 Å². The first kappa shape index (κ1) is 12.0. The summed E-state index contributed by atoms with van der Waals surface area (Å²) in [5.74, 6) is 0. The van der Waals surface area contributed by atoms with Crippen molar-refractivity contribution in [3.8, 4) is 0 Å². The Hall–Kier alpha value is -0.0400. The van der Waals surface area contributed by atoms with Gasteiger partial charge in [0.2, 0.25) is 0 Å². The third kappa shape index (κ3) is 2.78. The monoisotopic (exact) mass is 171 g/mol. The molecule has 1 nitrogen and oxygen atoms in total. The van der Waals surface area contributed by atoms with Crippen LogP contribution in [0.15, 0.2) is 0 Å². The predicted molar refractivity (Wildman–Crippen MR) is 56.4 cm³/mol. The van der Waals surface area contributed by atoms with Gasteiger partial charge in [-0.25, -0.2) is 0 Å². The van der Waals surface area contributed by atoms with Gasteiger partial charge in [0.15, 0.2) is 0 Å². The minimum absolute atomic E-state index is 0.288. The van der Waals surface area contributed by atoms with E-state index in [1.54, 1.807) is 0 Å². The molecule has 1 unspecified atom stereocenters. The van der Waals surface area contributed by atoms with Crippen LogP contribution in [0, 0.1) is 5.41 Å². The van der Waals surface area contributed by atoms with Crippen LogP contribution in [0.3, 0.4) is 0 Å². The van der Waals surface area contributed by atoms with Gasteiger partial charge in [0.05, 0.1) is 0 Å². The first-order chi connectivity index (χ1) is 5.37. The average molecular weight is 171 g/mol. The summed E-state index contributed by atoms with van der Waals surface area (Å²) in [5, 5.41) is 3.60. The van der Waals surface area contributed by atoms with Gasteiger partial charge in [-0.1, -0.05) is 41.0 Å². The molecule has 0 rings (SSSR count). The van der Waals surface area contributed by atoms with E-state index in [1.807, 2.05) is 0 Å². The summed E-state index contributed by atoms with van der Waals surface area (Å²) in [7, 11) is 0. The zero-order valence-electron chi connectivity index (χ0n) is 9.62. The van der Waals surface area contributed by atoms with Gasteiger partial charge in [0, 0.05) is 5.54 Å². The van der Waals surface area contributed by atoms with E-state index in [0.29, 0.717) is 5.41 Å². The van der Waals surface area contributed by atoms with Crippen molar-refractivity contribution in [3.05, 3.63) is 0 Å². The lowest BCUT2D eigenvalue weighted by molar-refractivity contribution is 0.146. The van der Waals surface area contributed by atoms with E-state index in [2.05, 4.69) is 46.9 Å². The summed E-state index contributed by atoms with van der Waals surface area (Å²) in [4.78, 5) is 0. The van der Waals surface area contributed by atoms with E-state index in [1.165, 1.54) is 12.8 Å². The molecule has 0 amide bonds. The van der Waals surface area contributed by atoms with Crippen molar-refractivity contribution in [1.82, 2.24) is 5.32 Å². The Balaban J connectivity index is 4.38. The van der Waals surface area contributed by atoms with E-state index in [-0.39, 0.29) is 5.54 Å². The van der Waals surface area contributed by atoms with Crippen molar-refractivity contribution in [1.29, 1.82) is 0 Å². The van der Waals surface area contributed by atoms with Gasteiger partial charge < -0.3 is 5.32 Å². The zero-order valence-corrected chi connectivity index (χ0v) is 9.62. The molecule has 1 N–H and O–H groups in total. The second kappa shape index (κ2) is 4.27. The van der Waals surface area contributed by atoms with Crippen LogP contribution in [-0.2, 0) is 0 Å². The molecule has 0 spiro atoms. The highest BCUT2D eigenvalue weighted by Gasteiger charge is 2.35. The molecule has 0 aliphatic rings. The van der Waals surface area contributed by atoms with Gasteiger partial charge in [-0.05, 0) is 25.3 Å². The summed E-state index contributed by atoms with van der Waals surface area (Å²) in [6.45, 7) is 14.8. The number of hydrogen-bond donors (Lipinski definition) is 1. The Morgan fingerprint density at radius 3 is 1.75 bits per heavy atom. The summed E-state index contributed by atoms with van der Waals surface area (Å²) in [5.41, 5.74) is 0.634. The van der Waals surface area contributed by atoms with Gasteiger partial charge in [-0.15, -0.1) is 0 Å². The van der Waals surface area contributed by atoms with Crippen LogP contribution in [0.2, 0.25) is 0 Å². The highest BCUT2D eigenvalue weighted by molar-refractivity contribution is 4.93. The highest BCUT2D eigenvalue weighted by atomic mass is 15.0. The molecule has 1 heteroatoms. The Kier molecular flexibility index (Phi) is 4.25. The highest BCUT2D eigenvalue weighted by Crippen LogP contribution is 2.33. The van der Waals surface area contributed by atoms with Crippen LogP contribution in [0.1, 0.15) is 54.4 Å². The molecule has 0 heterocycles. The van der Waals surface area contributed by atoms with Gasteiger partial charge in [-0.3, -0.25) is 0 Å². The Morgan fingerprint density at radius 2 is 1.50 bits per heavy atom. The predicted octanol–water partition coefficient (Wildman–Crippen LogP) is 3.20.